The molecule has 2 rings (SSSR count). The van der Waals surface area contributed by atoms with E-state index in [0.29, 0.717) is 13.1 Å². The van der Waals surface area contributed by atoms with Crippen molar-refractivity contribution in [3.05, 3.63) is 29.8 Å². The number of hydrogen-bond donors (Lipinski definition) is 1. The monoisotopic (exact) mass is 386 g/mol. The number of benzene rings is 1. The van der Waals surface area contributed by atoms with E-state index in [2.05, 4.69) is 15.1 Å². The van der Waals surface area contributed by atoms with Gasteiger partial charge in [0.2, 0.25) is 0 Å². The Morgan fingerprint density at radius 3 is 2.59 bits per heavy atom. The average molecular weight is 386 g/mol. The van der Waals surface area contributed by atoms with Crippen LogP contribution in [0.4, 0.5) is 23.7 Å². The Morgan fingerprint density at radius 2 is 1.93 bits per heavy atom. The summed E-state index contributed by atoms with van der Waals surface area (Å²) in [5.41, 5.74) is -1.02. The van der Waals surface area contributed by atoms with Crippen LogP contribution in [0.3, 0.4) is 0 Å². The van der Waals surface area contributed by atoms with Gasteiger partial charge in [-0.1, -0.05) is 12.1 Å². The zero-order valence-corrected chi connectivity index (χ0v) is 16.2. The van der Waals surface area contributed by atoms with Crippen molar-refractivity contribution in [2.24, 2.45) is 0 Å². The molecule has 8 heteroatoms. The molecular weight excluding hydrogens is 357 g/mol. The zero-order valence-electron chi connectivity index (χ0n) is 16.2. The number of alkyl halides is 3. The second-order valence-corrected chi connectivity index (χ2v) is 7.35. The minimum Gasteiger partial charge on any atom is -0.323 e. The van der Waals surface area contributed by atoms with E-state index in [0.717, 1.165) is 38.4 Å². The first-order chi connectivity index (χ1) is 12.7. The molecule has 1 aliphatic rings. The van der Waals surface area contributed by atoms with Crippen LogP contribution in [0.25, 0.3) is 0 Å². The summed E-state index contributed by atoms with van der Waals surface area (Å²) in [6.45, 7) is 3.01. The minimum atomic E-state index is -4.50. The van der Waals surface area contributed by atoms with Crippen LogP contribution in [0, 0.1) is 0 Å². The van der Waals surface area contributed by atoms with E-state index >= 15 is 0 Å². The molecule has 0 unspecified atom stereocenters. The third-order valence-corrected chi connectivity index (χ3v) is 4.90. The van der Waals surface area contributed by atoms with Gasteiger partial charge in [-0.25, -0.2) is 4.79 Å². The van der Waals surface area contributed by atoms with Crippen LogP contribution in [-0.4, -0.2) is 74.1 Å². The molecule has 1 aliphatic heterocycles. The number of nitrogens with one attached hydrogen (secondary N) is 1. The summed E-state index contributed by atoms with van der Waals surface area (Å²) in [4.78, 5) is 18.5. The summed E-state index contributed by atoms with van der Waals surface area (Å²) in [6, 6.07) is 4.82. The smallest absolute Gasteiger partial charge is 0.323 e. The molecule has 1 atom stereocenters. The number of carbonyl (C=O) groups is 1. The number of carbonyl (C=O) groups excluding carboxylic acids is 1. The number of amides is 2. The minimum absolute atomic E-state index is 0.198. The zero-order chi connectivity index (χ0) is 20.0. The van der Waals surface area contributed by atoms with Gasteiger partial charge in [0.15, 0.2) is 0 Å². The molecule has 0 spiro atoms. The largest absolute Gasteiger partial charge is 0.418 e. The predicted molar refractivity (Wildman–Crippen MR) is 101 cm³/mol. The summed E-state index contributed by atoms with van der Waals surface area (Å²) in [6.07, 6.45) is -1.63. The van der Waals surface area contributed by atoms with Gasteiger partial charge in [-0.3, -0.25) is 0 Å². The Hall–Kier alpha value is -1.80. The number of anilines is 1. The third kappa shape index (κ3) is 6.39. The van der Waals surface area contributed by atoms with Crippen LogP contribution in [-0.2, 0) is 6.18 Å². The van der Waals surface area contributed by atoms with Crippen molar-refractivity contribution in [3.8, 4) is 0 Å². The van der Waals surface area contributed by atoms with E-state index in [-0.39, 0.29) is 11.7 Å². The van der Waals surface area contributed by atoms with E-state index in [4.69, 9.17) is 0 Å². The average Bonchev–Trinajstić information content (AvgIpc) is 2.61. The van der Waals surface area contributed by atoms with E-state index < -0.39 is 17.8 Å². The molecule has 0 bridgehead atoms. The topological polar surface area (TPSA) is 38.8 Å². The van der Waals surface area contributed by atoms with Crippen molar-refractivity contribution in [2.75, 3.05) is 52.6 Å². The lowest BCUT2D eigenvalue weighted by Crippen LogP contribution is -2.50. The van der Waals surface area contributed by atoms with E-state index in [1.807, 2.05) is 21.1 Å². The van der Waals surface area contributed by atoms with Crippen molar-refractivity contribution < 1.29 is 18.0 Å². The number of halogens is 3. The van der Waals surface area contributed by atoms with Crippen LogP contribution in [0.2, 0.25) is 0 Å². The number of para-hydroxylation sites is 1. The second kappa shape index (κ2) is 9.41. The molecule has 1 fully saturated rings. The van der Waals surface area contributed by atoms with Crippen LogP contribution < -0.4 is 5.32 Å². The molecular formula is C19H29F3N4O. The van der Waals surface area contributed by atoms with E-state index in [1.165, 1.54) is 18.2 Å². The van der Waals surface area contributed by atoms with Crippen LogP contribution in [0.15, 0.2) is 24.3 Å². The van der Waals surface area contributed by atoms with Crippen LogP contribution in [0.1, 0.15) is 24.8 Å². The van der Waals surface area contributed by atoms with Crippen LogP contribution >= 0.6 is 0 Å². The quantitative estimate of drug-likeness (QED) is 0.812. The van der Waals surface area contributed by atoms with Gasteiger partial charge >= 0.3 is 12.2 Å². The second-order valence-electron chi connectivity index (χ2n) is 7.35. The number of likely N-dealkylation sites (N-methyl/N-ethyl adjacent to an activating group) is 1. The predicted octanol–water partition coefficient (Wildman–Crippen LogP) is 3.59. The molecule has 1 N–H and O–H groups in total. The molecule has 27 heavy (non-hydrogen) atoms. The first kappa shape index (κ1) is 21.5. The van der Waals surface area contributed by atoms with Crippen molar-refractivity contribution in [2.45, 2.75) is 31.5 Å². The lowest BCUT2D eigenvalue weighted by Gasteiger charge is -2.37. The molecule has 0 radical (unpaired) electrons. The van der Waals surface area contributed by atoms with Gasteiger partial charge in [0.05, 0.1) is 11.3 Å². The Labute approximate surface area is 159 Å². The fraction of sp³-hybridized carbons (Fsp3) is 0.632. The highest BCUT2D eigenvalue weighted by atomic mass is 19.4. The van der Waals surface area contributed by atoms with Crippen molar-refractivity contribution in [1.82, 2.24) is 14.7 Å². The van der Waals surface area contributed by atoms with Crippen molar-refractivity contribution in [3.63, 3.8) is 0 Å². The SMILES string of the molecule is CN(C)CCCN(C)[C@@H]1CCCN(C(=O)Nc2ccccc2C(F)(F)F)C1. The summed E-state index contributed by atoms with van der Waals surface area (Å²) in [7, 11) is 6.11. The highest BCUT2D eigenvalue weighted by Gasteiger charge is 2.34. The Balaban J connectivity index is 1.95. The lowest BCUT2D eigenvalue weighted by atomic mass is 10.0. The first-order valence-electron chi connectivity index (χ1n) is 9.25. The van der Waals surface area contributed by atoms with Gasteiger partial charge in [0.25, 0.3) is 0 Å². The number of nitrogens with zero attached hydrogens (tertiary/aromatic N) is 3. The number of piperidine rings is 1. The summed E-state index contributed by atoms with van der Waals surface area (Å²) in [5.74, 6) is 0. The van der Waals surface area contributed by atoms with Crippen molar-refractivity contribution in [1.29, 1.82) is 0 Å². The molecule has 2 amide bonds. The maximum Gasteiger partial charge on any atom is 0.418 e. The maximum absolute atomic E-state index is 13.1. The van der Waals surface area contributed by atoms with Gasteiger partial charge in [0.1, 0.15) is 0 Å². The fourth-order valence-corrected chi connectivity index (χ4v) is 3.35. The summed E-state index contributed by atoms with van der Waals surface area (Å²) >= 11 is 0. The summed E-state index contributed by atoms with van der Waals surface area (Å²) in [5, 5.41) is 2.45. The number of hydrogen-bond acceptors (Lipinski definition) is 3. The maximum atomic E-state index is 13.1. The third-order valence-electron chi connectivity index (χ3n) is 4.90. The van der Waals surface area contributed by atoms with E-state index in [1.54, 1.807) is 4.90 Å². The van der Waals surface area contributed by atoms with Gasteiger partial charge in [-0.05, 0) is 65.6 Å². The standard InChI is InChI=1S/C19H29F3N4O/c1-24(2)11-7-12-25(3)15-8-6-13-26(14-15)18(27)23-17-10-5-4-9-16(17)19(20,21)22/h4-5,9-10,15H,6-8,11-14H2,1-3H3,(H,23,27)/t15-/m1/s1. The van der Waals surface area contributed by atoms with Gasteiger partial charge in [-0.2, -0.15) is 13.2 Å². The molecule has 1 heterocycles. The molecule has 5 nitrogen and oxygen atoms in total. The molecule has 0 saturated carbocycles. The summed E-state index contributed by atoms with van der Waals surface area (Å²) < 4.78 is 39.3. The molecule has 1 aromatic rings. The molecule has 0 aromatic heterocycles. The van der Waals surface area contributed by atoms with Gasteiger partial charge in [-0.15, -0.1) is 0 Å². The van der Waals surface area contributed by atoms with Crippen molar-refractivity contribution >= 4 is 11.7 Å². The lowest BCUT2D eigenvalue weighted by molar-refractivity contribution is -0.136. The number of rotatable bonds is 6. The van der Waals surface area contributed by atoms with Crippen LogP contribution in [0.5, 0.6) is 0 Å². The highest BCUT2D eigenvalue weighted by Crippen LogP contribution is 2.34. The fourth-order valence-electron chi connectivity index (χ4n) is 3.35. The Kier molecular flexibility index (Phi) is 7.49. The molecule has 152 valence electrons. The van der Waals surface area contributed by atoms with E-state index in [9.17, 15) is 18.0 Å². The molecule has 1 saturated heterocycles. The highest BCUT2D eigenvalue weighted by molar-refractivity contribution is 5.90. The first-order valence-corrected chi connectivity index (χ1v) is 9.25. The normalized spacial score (nSPS) is 18.2. The molecule has 1 aromatic carbocycles. The number of likely N-dealkylation sites (tertiary alicyclic amines) is 1. The van der Waals surface area contributed by atoms with Gasteiger partial charge < -0.3 is 20.0 Å². The Bertz CT molecular complexity index is 621. The van der Waals surface area contributed by atoms with Gasteiger partial charge in [0, 0.05) is 19.1 Å². The number of urea groups is 1. The molecule has 0 aliphatic carbocycles. The Morgan fingerprint density at radius 1 is 1.22 bits per heavy atom.